The number of para-hydroxylation sites is 1. The molecule has 0 radical (unpaired) electrons. The Balaban J connectivity index is 2.25. The van der Waals surface area contributed by atoms with Crippen molar-refractivity contribution in [2.45, 2.75) is 6.04 Å². The van der Waals surface area contributed by atoms with Gasteiger partial charge >= 0.3 is 5.97 Å². The molecular weight excluding hydrogens is 308 g/mol. The van der Waals surface area contributed by atoms with Gasteiger partial charge in [0.2, 0.25) is 15.9 Å². The Kier molecular flexibility index (Phi) is 4.51. The van der Waals surface area contributed by atoms with E-state index >= 15 is 0 Å². The normalized spacial score (nSPS) is 19.5. The summed E-state index contributed by atoms with van der Waals surface area (Å²) in [7, 11) is -0.828. The van der Waals surface area contributed by atoms with Crippen LogP contribution in [-0.4, -0.2) is 40.2 Å². The first-order chi connectivity index (χ1) is 10.3. The van der Waals surface area contributed by atoms with Gasteiger partial charge in [0, 0.05) is 19.2 Å². The smallest absolute Gasteiger partial charge is 0.330 e. The molecule has 1 atom stereocenters. The second-order valence-corrected chi connectivity index (χ2v) is 6.77. The lowest BCUT2D eigenvalue weighted by atomic mass is 10.1. The molecule has 0 bridgehead atoms. The van der Waals surface area contributed by atoms with Crippen LogP contribution in [0.2, 0.25) is 0 Å². The highest BCUT2D eigenvalue weighted by molar-refractivity contribution is 7.92. The second-order valence-electron chi connectivity index (χ2n) is 4.72. The maximum Gasteiger partial charge on any atom is 0.330 e. The first kappa shape index (κ1) is 16.0. The van der Waals surface area contributed by atoms with Crippen molar-refractivity contribution in [3.8, 4) is 0 Å². The van der Waals surface area contributed by atoms with E-state index in [4.69, 9.17) is 0 Å². The summed E-state index contributed by atoms with van der Waals surface area (Å²) in [6.07, 6.45) is 1.99. The van der Waals surface area contributed by atoms with Crippen molar-refractivity contribution in [1.29, 1.82) is 0 Å². The summed E-state index contributed by atoms with van der Waals surface area (Å²) in [5, 5.41) is 2.59. The molecule has 0 saturated heterocycles. The number of ether oxygens (including phenoxy) is 1. The molecule has 1 N–H and O–H groups in total. The quantitative estimate of drug-likeness (QED) is 0.640. The molecule has 0 saturated carbocycles. The molecule has 1 aliphatic rings. The van der Waals surface area contributed by atoms with Crippen molar-refractivity contribution in [1.82, 2.24) is 5.32 Å². The first-order valence-electron chi connectivity index (χ1n) is 6.47. The zero-order chi connectivity index (χ0) is 16.3. The Hall–Kier alpha value is -2.35. The summed E-state index contributed by atoms with van der Waals surface area (Å²) in [6, 6.07) is 6.26. The molecule has 0 spiro atoms. The van der Waals surface area contributed by atoms with E-state index in [2.05, 4.69) is 10.1 Å². The van der Waals surface area contributed by atoms with Crippen LogP contribution in [0.3, 0.4) is 0 Å². The number of carbonyl (C=O) groups is 2. The molecule has 8 heteroatoms. The molecule has 1 unspecified atom stereocenters. The van der Waals surface area contributed by atoms with Gasteiger partial charge in [0.15, 0.2) is 0 Å². The van der Waals surface area contributed by atoms with Crippen molar-refractivity contribution < 1.29 is 22.7 Å². The van der Waals surface area contributed by atoms with E-state index < -0.39 is 27.9 Å². The topological polar surface area (TPSA) is 92.8 Å². The van der Waals surface area contributed by atoms with Crippen LogP contribution in [-0.2, 0) is 24.3 Å². The van der Waals surface area contributed by atoms with E-state index in [1.54, 1.807) is 24.3 Å². The Labute approximate surface area is 128 Å². The number of methoxy groups -OCH3 is 1. The summed E-state index contributed by atoms with van der Waals surface area (Å²) in [5.74, 6) is -1.46. The molecular formula is C14H16N2O5S. The molecule has 1 amide bonds. The number of benzene rings is 1. The lowest BCUT2D eigenvalue weighted by molar-refractivity contribution is -0.135. The van der Waals surface area contributed by atoms with Crippen LogP contribution in [0, 0.1) is 0 Å². The number of esters is 1. The number of hydrogen-bond acceptors (Lipinski definition) is 5. The molecule has 1 aliphatic heterocycles. The summed E-state index contributed by atoms with van der Waals surface area (Å²) in [6.45, 7) is 0. The third-order valence-corrected chi connectivity index (χ3v) is 5.12. The van der Waals surface area contributed by atoms with Gasteiger partial charge < -0.3 is 10.1 Å². The monoisotopic (exact) mass is 324 g/mol. The van der Waals surface area contributed by atoms with Crippen LogP contribution >= 0.6 is 0 Å². The average Bonchev–Trinajstić information content (AvgIpc) is 2.50. The highest BCUT2D eigenvalue weighted by atomic mass is 32.2. The molecule has 0 aliphatic carbocycles. The molecule has 0 fully saturated rings. The number of anilines is 1. The lowest BCUT2D eigenvalue weighted by Gasteiger charge is -2.32. The number of nitrogens with one attached hydrogen (secondary N) is 1. The summed E-state index contributed by atoms with van der Waals surface area (Å²) in [5.41, 5.74) is 1.23. The third kappa shape index (κ3) is 3.28. The summed E-state index contributed by atoms with van der Waals surface area (Å²) in [4.78, 5) is 22.8. The van der Waals surface area contributed by atoms with Crippen molar-refractivity contribution in [3.05, 3.63) is 42.0 Å². The Morgan fingerprint density at radius 3 is 2.68 bits per heavy atom. The van der Waals surface area contributed by atoms with Gasteiger partial charge in [-0.1, -0.05) is 18.2 Å². The minimum atomic E-state index is -3.50. The molecule has 1 aromatic rings. The van der Waals surface area contributed by atoms with E-state index in [1.807, 2.05) is 0 Å². The average molecular weight is 324 g/mol. The van der Waals surface area contributed by atoms with Crippen LogP contribution in [0.4, 0.5) is 5.69 Å². The fourth-order valence-corrected chi connectivity index (χ4v) is 3.56. The van der Waals surface area contributed by atoms with E-state index in [9.17, 15) is 18.0 Å². The first-order valence-corrected chi connectivity index (χ1v) is 8.08. The molecule has 2 rings (SSSR count). The number of fused-ring (bicyclic) bond motifs is 1. The number of amides is 1. The summed E-state index contributed by atoms with van der Waals surface area (Å²) < 4.78 is 29.9. The molecule has 22 heavy (non-hydrogen) atoms. The van der Waals surface area contributed by atoms with Crippen LogP contribution in [0.25, 0.3) is 0 Å². The standard InChI is InChI=1S/C14H16N2O5S/c1-16-12-6-4-3-5-10(12)11(9-22(16,19)20)15-13(17)7-8-14(18)21-2/h3-8,11H,9H2,1-2H3,(H,15,17)/b8-7+. The summed E-state index contributed by atoms with van der Waals surface area (Å²) >= 11 is 0. The number of nitrogens with zero attached hydrogens (tertiary/aromatic N) is 1. The zero-order valence-electron chi connectivity index (χ0n) is 12.1. The molecule has 0 aromatic heterocycles. The van der Waals surface area contributed by atoms with Gasteiger partial charge in [-0.2, -0.15) is 0 Å². The molecule has 118 valence electrons. The van der Waals surface area contributed by atoms with Crippen molar-refractivity contribution >= 4 is 27.6 Å². The Bertz CT molecular complexity index is 727. The third-order valence-electron chi connectivity index (χ3n) is 3.33. The molecule has 1 aromatic carbocycles. The fraction of sp³-hybridized carbons (Fsp3) is 0.286. The van der Waals surface area contributed by atoms with Gasteiger partial charge in [-0.3, -0.25) is 9.10 Å². The van der Waals surface area contributed by atoms with Gasteiger partial charge in [-0.05, 0) is 11.6 Å². The van der Waals surface area contributed by atoms with Crippen molar-refractivity contribution in [3.63, 3.8) is 0 Å². The van der Waals surface area contributed by atoms with E-state index in [0.29, 0.717) is 11.3 Å². The number of sulfonamides is 1. The SMILES string of the molecule is COC(=O)/C=C/C(=O)NC1CS(=O)(=O)N(C)c2ccccc21. The Morgan fingerprint density at radius 1 is 1.32 bits per heavy atom. The van der Waals surface area contributed by atoms with Gasteiger partial charge in [0.1, 0.15) is 0 Å². The van der Waals surface area contributed by atoms with Gasteiger partial charge in [-0.25, -0.2) is 13.2 Å². The van der Waals surface area contributed by atoms with Gasteiger partial charge in [0.25, 0.3) is 0 Å². The molecule has 7 nitrogen and oxygen atoms in total. The van der Waals surface area contributed by atoms with Crippen LogP contribution in [0.15, 0.2) is 36.4 Å². The van der Waals surface area contributed by atoms with Crippen LogP contribution in [0.5, 0.6) is 0 Å². The van der Waals surface area contributed by atoms with E-state index in [-0.39, 0.29) is 5.75 Å². The highest BCUT2D eigenvalue weighted by Crippen LogP contribution is 2.33. The van der Waals surface area contributed by atoms with Crippen LogP contribution < -0.4 is 9.62 Å². The second kappa shape index (κ2) is 6.18. The van der Waals surface area contributed by atoms with Crippen molar-refractivity contribution in [2.24, 2.45) is 0 Å². The predicted octanol–water partition coefficient (Wildman–Crippen LogP) is 0.353. The fourth-order valence-electron chi connectivity index (χ4n) is 2.18. The minimum absolute atomic E-state index is 0.238. The zero-order valence-corrected chi connectivity index (χ0v) is 13.0. The Morgan fingerprint density at radius 2 is 2.00 bits per heavy atom. The lowest BCUT2D eigenvalue weighted by Crippen LogP contribution is -2.42. The minimum Gasteiger partial charge on any atom is -0.466 e. The largest absolute Gasteiger partial charge is 0.466 e. The maximum atomic E-state index is 12.1. The predicted molar refractivity (Wildman–Crippen MR) is 80.7 cm³/mol. The van der Waals surface area contributed by atoms with Gasteiger partial charge in [-0.15, -0.1) is 0 Å². The maximum absolute atomic E-state index is 12.1. The number of rotatable bonds is 3. The highest BCUT2D eigenvalue weighted by Gasteiger charge is 2.34. The van der Waals surface area contributed by atoms with Crippen molar-refractivity contribution in [2.75, 3.05) is 24.2 Å². The van der Waals surface area contributed by atoms with E-state index in [1.165, 1.54) is 18.5 Å². The van der Waals surface area contributed by atoms with Gasteiger partial charge in [0.05, 0.1) is 24.6 Å². The van der Waals surface area contributed by atoms with E-state index in [0.717, 1.165) is 12.2 Å². The molecule has 1 heterocycles. The number of carbonyl (C=O) groups excluding carboxylic acids is 2. The van der Waals surface area contributed by atoms with Crippen LogP contribution in [0.1, 0.15) is 11.6 Å². The number of hydrogen-bond donors (Lipinski definition) is 1.